The van der Waals surface area contributed by atoms with Gasteiger partial charge in [-0.1, -0.05) is 35.3 Å². The van der Waals surface area contributed by atoms with Gasteiger partial charge < -0.3 is 34.9 Å². The number of fused-ring (bicyclic) bond motifs is 1. The van der Waals surface area contributed by atoms with Crippen LogP contribution in [0.3, 0.4) is 0 Å². The monoisotopic (exact) mass is 664 g/mol. The zero-order valence-corrected chi connectivity index (χ0v) is 27.3. The van der Waals surface area contributed by atoms with E-state index in [0.29, 0.717) is 63.2 Å². The van der Waals surface area contributed by atoms with Gasteiger partial charge in [-0.3, -0.25) is 9.69 Å². The highest BCUT2D eigenvalue weighted by molar-refractivity contribution is 6.35. The summed E-state index contributed by atoms with van der Waals surface area (Å²) in [5.41, 5.74) is 10.4. The molecule has 0 saturated heterocycles. The Morgan fingerprint density at radius 1 is 0.783 bits per heavy atom. The topological polar surface area (TPSA) is 116 Å². The van der Waals surface area contributed by atoms with E-state index in [9.17, 15) is 9.59 Å². The zero-order valence-electron chi connectivity index (χ0n) is 25.8. The molecule has 46 heavy (non-hydrogen) atoms. The largest absolute Gasteiger partial charge is 0.497 e. The molecule has 1 heterocycles. The quantitative estimate of drug-likeness (QED) is 0.191. The normalized spacial score (nSPS) is 12.6. The maximum atomic E-state index is 14.0. The molecule has 3 amide bonds. The van der Waals surface area contributed by atoms with Crippen LogP contribution in [0.2, 0.25) is 10.0 Å². The van der Waals surface area contributed by atoms with Crippen LogP contribution < -0.4 is 34.9 Å². The van der Waals surface area contributed by atoms with Crippen molar-refractivity contribution in [2.24, 2.45) is 5.73 Å². The zero-order chi connectivity index (χ0) is 33.0. The Bertz CT molecular complexity index is 1670. The number of halogens is 2. The third kappa shape index (κ3) is 7.25. The highest BCUT2D eigenvalue weighted by Gasteiger charge is 2.29. The Morgan fingerprint density at radius 2 is 1.33 bits per heavy atom. The molecular weight excluding hydrogens is 631 g/mol. The highest BCUT2D eigenvalue weighted by Crippen LogP contribution is 2.37. The summed E-state index contributed by atoms with van der Waals surface area (Å²) in [6.07, 6.45) is 0.281. The third-order valence-corrected chi connectivity index (χ3v) is 8.24. The van der Waals surface area contributed by atoms with Gasteiger partial charge >= 0.3 is 6.03 Å². The molecule has 12 heteroatoms. The van der Waals surface area contributed by atoms with Crippen molar-refractivity contribution in [1.29, 1.82) is 0 Å². The number of carbonyl (C=O) groups is 2. The van der Waals surface area contributed by atoms with Gasteiger partial charge in [0.15, 0.2) is 0 Å². The summed E-state index contributed by atoms with van der Waals surface area (Å²) in [6, 6.07) is 19.8. The molecule has 3 N–H and O–H groups in total. The van der Waals surface area contributed by atoms with Crippen molar-refractivity contribution >= 4 is 52.2 Å². The predicted molar refractivity (Wildman–Crippen MR) is 179 cm³/mol. The second-order valence-electron chi connectivity index (χ2n) is 10.6. The van der Waals surface area contributed by atoms with E-state index in [2.05, 4.69) is 5.32 Å². The third-order valence-electron chi connectivity index (χ3n) is 7.66. The number of amides is 3. The minimum absolute atomic E-state index is 0.196. The molecule has 1 atom stereocenters. The van der Waals surface area contributed by atoms with Gasteiger partial charge in [-0.25, -0.2) is 4.79 Å². The highest BCUT2D eigenvalue weighted by atomic mass is 35.5. The lowest BCUT2D eigenvalue weighted by atomic mass is 10.1. The van der Waals surface area contributed by atoms with Crippen LogP contribution in [0.4, 0.5) is 21.9 Å². The van der Waals surface area contributed by atoms with Gasteiger partial charge in [0.05, 0.1) is 45.9 Å². The van der Waals surface area contributed by atoms with Crippen molar-refractivity contribution in [2.45, 2.75) is 25.6 Å². The number of hydrogen-bond donors (Lipinski definition) is 2. The molecule has 5 rings (SSSR count). The van der Waals surface area contributed by atoms with Crippen LogP contribution in [-0.4, -0.2) is 51.3 Å². The number of anilines is 3. The van der Waals surface area contributed by atoms with E-state index in [1.165, 1.54) is 33.3 Å². The molecule has 0 aromatic heterocycles. The first-order valence-electron chi connectivity index (χ1n) is 14.3. The lowest BCUT2D eigenvalue weighted by molar-refractivity contribution is -0.133. The number of nitrogens with one attached hydrogen (secondary N) is 1. The number of methoxy groups -OCH3 is 4. The number of rotatable bonds is 10. The molecule has 1 aliphatic rings. The maximum absolute atomic E-state index is 14.0. The van der Waals surface area contributed by atoms with Crippen LogP contribution in [0.1, 0.15) is 16.7 Å². The van der Waals surface area contributed by atoms with Crippen molar-refractivity contribution in [3.05, 3.63) is 99.5 Å². The maximum Gasteiger partial charge on any atom is 0.330 e. The van der Waals surface area contributed by atoms with Crippen LogP contribution in [0, 0.1) is 0 Å². The van der Waals surface area contributed by atoms with E-state index < -0.39 is 12.1 Å². The van der Waals surface area contributed by atoms with Gasteiger partial charge in [-0.2, -0.15) is 0 Å². The van der Waals surface area contributed by atoms with Gasteiger partial charge in [0.2, 0.25) is 5.91 Å². The summed E-state index contributed by atoms with van der Waals surface area (Å²) in [4.78, 5) is 30.5. The molecule has 0 spiro atoms. The fourth-order valence-corrected chi connectivity index (χ4v) is 5.77. The molecule has 0 saturated carbocycles. The molecule has 0 bridgehead atoms. The van der Waals surface area contributed by atoms with E-state index in [4.69, 9.17) is 47.9 Å². The number of hydrogen-bond acceptors (Lipinski definition) is 7. The number of carbonyl (C=O) groups excluding carboxylic acids is 2. The summed E-state index contributed by atoms with van der Waals surface area (Å²) in [5.74, 6) is 1.81. The van der Waals surface area contributed by atoms with Gasteiger partial charge in [0, 0.05) is 65.2 Å². The minimum atomic E-state index is -0.777. The van der Waals surface area contributed by atoms with Crippen molar-refractivity contribution in [3.8, 4) is 23.0 Å². The SMILES string of the molecule is COc1cc(OC)cc(N(C(=O)Nc2ccc3c(c2)CN(C(=O)[C@H](N)Cc2ccc(Cl)cc2Cl)C3)c2cc(OC)cc(OC)c2)c1. The summed E-state index contributed by atoms with van der Waals surface area (Å²) in [7, 11) is 6.15. The molecule has 0 unspecified atom stereocenters. The number of urea groups is 1. The second kappa shape index (κ2) is 14.2. The first kappa shape index (κ1) is 32.7. The first-order valence-corrected chi connectivity index (χ1v) is 15.0. The molecule has 1 aliphatic heterocycles. The number of nitrogens with zero attached hydrogens (tertiary/aromatic N) is 2. The number of nitrogens with two attached hydrogens (primary N) is 1. The molecule has 0 fully saturated rings. The fraction of sp³-hybridized carbons (Fsp3) is 0.235. The van der Waals surface area contributed by atoms with E-state index in [1.54, 1.807) is 65.6 Å². The summed E-state index contributed by atoms with van der Waals surface area (Å²) < 4.78 is 21.9. The first-order chi connectivity index (χ1) is 22.1. The van der Waals surface area contributed by atoms with Crippen LogP contribution in [0.5, 0.6) is 23.0 Å². The number of benzene rings is 4. The smallest absolute Gasteiger partial charge is 0.330 e. The second-order valence-corrected chi connectivity index (χ2v) is 11.5. The van der Waals surface area contributed by atoms with E-state index >= 15 is 0 Å². The van der Waals surface area contributed by atoms with Crippen molar-refractivity contribution in [1.82, 2.24) is 4.90 Å². The van der Waals surface area contributed by atoms with E-state index in [-0.39, 0.29) is 12.3 Å². The Balaban J connectivity index is 1.38. The van der Waals surface area contributed by atoms with Gasteiger partial charge in [0.25, 0.3) is 0 Å². The van der Waals surface area contributed by atoms with Gasteiger partial charge in [-0.05, 0) is 47.4 Å². The number of ether oxygens (including phenoxy) is 4. The Morgan fingerprint density at radius 3 is 1.85 bits per heavy atom. The van der Waals surface area contributed by atoms with E-state index in [0.717, 1.165) is 16.7 Å². The van der Waals surface area contributed by atoms with Crippen LogP contribution in [-0.2, 0) is 24.3 Å². The van der Waals surface area contributed by atoms with Crippen LogP contribution >= 0.6 is 23.2 Å². The van der Waals surface area contributed by atoms with Crippen molar-refractivity contribution in [2.75, 3.05) is 38.7 Å². The molecule has 4 aromatic carbocycles. The summed E-state index contributed by atoms with van der Waals surface area (Å²) in [5, 5.41) is 3.98. The molecule has 0 aliphatic carbocycles. The fourth-order valence-electron chi connectivity index (χ4n) is 5.28. The standard InChI is InChI=1S/C34H34Cl2N4O6/c1-43-27-12-25(13-28(16-27)44-2)40(26-14-29(45-3)17-30(15-26)46-4)34(42)38-24-8-6-21-18-39(19-22(21)9-24)33(41)32(37)10-20-5-7-23(35)11-31(20)36/h5-9,11-17,32H,10,18-19,37H2,1-4H3,(H,38,42)/t32-/m1/s1. The average Bonchev–Trinajstić information content (AvgIpc) is 3.48. The van der Waals surface area contributed by atoms with Gasteiger partial charge in [-0.15, -0.1) is 0 Å². The lowest BCUT2D eigenvalue weighted by Gasteiger charge is -2.25. The predicted octanol–water partition coefficient (Wildman–Crippen LogP) is 6.81. The Labute approximate surface area is 277 Å². The summed E-state index contributed by atoms with van der Waals surface area (Å²) >= 11 is 12.3. The van der Waals surface area contributed by atoms with Crippen molar-refractivity contribution in [3.63, 3.8) is 0 Å². The minimum Gasteiger partial charge on any atom is -0.497 e. The molecular formula is C34H34Cl2N4O6. The van der Waals surface area contributed by atoms with Crippen molar-refractivity contribution < 1.29 is 28.5 Å². The molecule has 240 valence electrons. The van der Waals surface area contributed by atoms with Gasteiger partial charge in [0.1, 0.15) is 23.0 Å². The van der Waals surface area contributed by atoms with E-state index in [1.807, 2.05) is 12.1 Å². The molecule has 0 radical (unpaired) electrons. The molecule has 4 aromatic rings. The average molecular weight is 666 g/mol. The molecule has 10 nitrogen and oxygen atoms in total. The Kier molecular flexibility index (Phi) is 10.1. The van der Waals surface area contributed by atoms with Crippen LogP contribution in [0.15, 0.2) is 72.8 Å². The Hall–Kier alpha value is -4.64. The summed E-state index contributed by atoms with van der Waals surface area (Å²) in [6.45, 7) is 0.758. The van der Waals surface area contributed by atoms with Crippen LogP contribution in [0.25, 0.3) is 0 Å². The lowest BCUT2D eigenvalue weighted by Crippen LogP contribution is -2.42.